The van der Waals surface area contributed by atoms with Gasteiger partial charge in [-0.25, -0.2) is 0 Å². The van der Waals surface area contributed by atoms with Crippen LogP contribution in [0.5, 0.6) is 0 Å². The van der Waals surface area contributed by atoms with E-state index in [1.54, 1.807) is 0 Å². The summed E-state index contributed by atoms with van der Waals surface area (Å²) in [6.45, 7) is 13.7. The summed E-state index contributed by atoms with van der Waals surface area (Å²) in [5.74, 6) is 0.716. The number of morpholine rings is 1. The number of rotatable bonds is 6. The summed E-state index contributed by atoms with van der Waals surface area (Å²) in [6, 6.07) is 6.13. The highest BCUT2D eigenvalue weighted by Gasteiger charge is 2.29. The summed E-state index contributed by atoms with van der Waals surface area (Å²) in [4.78, 5) is 21.9. The summed E-state index contributed by atoms with van der Waals surface area (Å²) in [6.07, 6.45) is 2.63. The van der Waals surface area contributed by atoms with E-state index in [0.717, 1.165) is 63.5 Å². The molecule has 0 spiro atoms. The van der Waals surface area contributed by atoms with Gasteiger partial charge in [0.15, 0.2) is 0 Å². The summed E-state index contributed by atoms with van der Waals surface area (Å²) in [5, 5.41) is 3.20. The minimum Gasteiger partial charge on any atom is -0.373 e. The lowest BCUT2D eigenvalue weighted by atomic mass is 9.96. The van der Waals surface area contributed by atoms with Crippen molar-refractivity contribution in [3.63, 3.8) is 0 Å². The molecule has 1 unspecified atom stereocenters. The number of ether oxygens (including phenoxy) is 1. The minimum absolute atomic E-state index is 0.0960. The maximum Gasteiger partial charge on any atom is 0.237 e. The SMILES string of the molecule is Cc1cccc(CN2CCC(CNC(=O)C(C)N3C[C@@H](C)O[C@@H](C)C3)CC2)n1. The molecule has 156 valence electrons. The Labute approximate surface area is 169 Å². The summed E-state index contributed by atoms with van der Waals surface area (Å²) in [5.41, 5.74) is 2.22. The average molecular weight is 389 g/mol. The number of aromatic nitrogens is 1. The average Bonchev–Trinajstić information content (AvgIpc) is 2.66. The van der Waals surface area contributed by atoms with Crippen LogP contribution in [0.25, 0.3) is 0 Å². The van der Waals surface area contributed by atoms with E-state index in [1.807, 2.05) is 19.9 Å². The Bertz CT molecular complexity index is 635. The quantitative estimate of drug-likeness (QED) is 0.810. The van der Waals surface area contributed by atoms with Gasteiger partial charge in [-0.3, -0.25) is 19.6 Å². The van der Waals surface area contributed by atoms with E-state index in [0.29, 0.717) is 5.92 Å². The first-order valence-electron chi connectivity index (χ1n) is 10.7. The van der Waals surface area contributed by atoms with Crippen molar-refractivity contribution in [2.45, 2.75) is 65.3 Å². The highest BCUT2D eigenvalue weighted by molar-refractivity contribution is 5.81. The molecular formula is C22H36N4O2. The third-order valence-electron chi connectivity index (χ3n) is 5.98. The van der Waals surface area contributed by atoms with E-state index in [9.17, 15) is 4.79 Å². The number of hydrogen-bond donors (Lipinski definition) is 1. The number of amides is 1. The Kier molecular flexibility index (Phi) is 7.43. The fourth-order valence-electron chi connectivity index (χ4n) is 4.36. The second-order valence-electron chi connectivity index (χ2n) is 8.62. The topological polar surface area (TPSA) is 57.7 Å². The van der Waals surface area contributed by atoms with E-state index >= 15 is 0 Å². The Morgan fingerprint density at radius 3 is 2.57 bits per heavy atom. The maximum atomic E-state index is 12.6. The first-order chi connectivity index (χ1) is 13.4. The van der Waals surface area contributed by atoms with E-state index in [-0.39, 0.29) is 24.2 Å². The molecule has 3 heterocycles. The number of pyridine rings is 1. The number of hydrogen-bond acceptors (Lipinski definition) is 5. The summed E-state index contributed by atoms with van der Waals surface area (Å²) < 4.78 is 5.78. The molecule has 1 aromatic heterocycles. The molecule has 28 heavy (non-hydrogen) atoms. The predicted octanol–water partition coefficient (Wildman–Crippen LogP) is 2.22. The van der Waals surface area contributed by atoms with Gasteiger partial charge < -0.3 is 10.1 Å². The Morgan fingerprint density at radius 1 is 1.25 bits per heavy atom. The van der Waals surface area contributed by atoms with Gasteiger partial charge in [-0.2, -0.15) is 0 Å². The number of aryl methyl sites for hydroxylation is 1. The van der Waals surface area contributed by atoms with E-state index in [4.69, 9.17) is 4.74 Å². The summed E-state index contributed by atoms with van der Waals surface area (Å²) in [7, 11) is 0. The van der Waals surface area contributed by atoms with Crippen LogP contribution in [0.2, 0.25) is 0 Å². The van der Waals surface area contributed by atoms with Crippen LogP contribution < -0.4 is 5.32 Å². The van der Waals surface area contributed by atoms with Crippen molar-refractivity contribution in [1.82, 2.24) is 20.1 Å². The highest BCUT2D eigenvalue weighted by Crippen LogP contribution is 2.19. The van der Waals surface area contributed by atoms with E-state index in [2.05, 4.69) is 46.1 Å². The van der Waals surface area contributed by atoms with Crippen molar-refractivity contribution >= 4 is 5.91 Å². The van der Waals surface area contributed by atoms with Crippen molar-refractivity contribution in [3.05, 3.63) is 29.6 Å². The van der Waals surface area contributed by atoms with Crippen molar-refractivity contribution in [2.24, 2.45) is 5.92 Å². The molecule has 6 nitrogen and oxygen atoms in total. The van der Waals surface area contributed by atoms with Gasteiger partial charge in [-0.1, -0.05) is 6.07 Å². The number of carbonyl (C=O) groups is 1. The summed E-state index contributed by atoms with van der Waals surface area (Å²) >= 11 is 0. The first-order valence-corrected chi connectivity index (χ1v) is 10.7. The van der Waals surface area contributed by atoms with Gasteiger partial charge in [-0.05, 0) is 71.7 Å². The van der Waals surface area contributed by atoms with Crippen LogP contribution in [0.15, 0.2) is 18.2 Å². The molecular weight excluding hydrogens is 352 g/mol. The molecule has 0 saturated carbocycles. The predicted molar refractivity (Wildman–Crippen MR) is 111 cm³/mol. The van der Waals surface area contributed by atoms with E-state index < -0.39 is 0 Å². The molecule has 3 atom stereocenters. The lowest BCUT2D eigenvalue weighted by molar-refractivity contribution is -0.132. The monoisotopic (exact) mass is 388 g/mol. The third kappa shape index (κ3) is 6.00. The molecule has 1 N–H and O–H groups in total. The van der Waals surface area contributed by atoms with Gasteiger partial charge >= 0.3 is 0 Å². The number of carbonyl (C=O) groups excluding carboxylic acids is 1. The second-order valence-corrected chi connectivity index (χ2v) is 8.62. The first kappa shape index (κ1) is 21.2. The molecule has 2 fully saturated rings. The van der Waals surface area contributed by atoms with Crippen LogP contribution in [0.4, 0.5) is 0 Å². The molecule has 2 aliphatic rings. The number of likely N-dealkylation sites (tertiary alicyclic amines) is 1. The molecule has 0 aromatic carbocycles. The molecule has 2 saturated heterocycles. The zero-order valence-corrected chi connectivity index (χ0v) is 17.9. The van der Waals surface area contributed by atoms with Gasteiger partial charge in [0, 0.05) is 31.9 Å². The Balaban J connectivity index is 1.38. The van der Waals surface area contributed by atoms with Gasteiger partial charge in [0.2, 0.25) is 5.91 Å². The number of nitrogens with one attached hydrogen (secondary N) is 1. The molecule has 2 aliphatic heterocycles. The minimum atomic E-state index is -0.0960. The number of piperidine rings is 1. The lowest BCUT2D eigenvalue weighted by Crippen LogP contribution is -2.54. The van der Waals surface area contributed by atoms with Gasteiger partial charge in [0.25, 0.3) is 0 Å². The molecule has 6 heteroatoms. The van der Waals surface area contributed by atoms with Crippen molar-refractivity contribution in [3.8, 4) is 0 Å². The van der Waals surface area contributed by atoms with Crippen LogP contribution in [-0.2, 0) is 16.1 Å². The van der Waals surface area contributed by atoms with Gasteiger partial charge in [-0.15, -0.1) is 0 Å². The Hall–Kier alpha value is -1.50. The molecule has 0 radical (unpaired) electrons. The van der Waals surface area contributed by atoms with Crippen LogP contribution in [0, 0.1) is 12.8 Å². The zero-order chi connectivity index (χ0) is 20.1. The maximum absolute atomic E-state index is 12.6. The highest BCUT2D eigenvalue weighted by atomic mass is 16.5. The smallest absolute Gasteiger partial charge is 0.237 e. The van der Waals surface area contributed by atoms with Gasteiger partial charge in [0.1, 0.15) is 0 Å². The van der Waals surface area contributed by atoms with E-state index in [1.165, 1.54) is 0 Å². The second kappa shape index (κ2) is 9.81. The van der Waals surface area contributed by atoms with Crippen molar-refractivity contribution < 1.29 is 9.53 Å². The Morgan fingerprint density at radius 2 is 1.93 bits per heavy atom. The van der Waals surface area contributed by atoms with Crippen LogP contribution >= 0.6 is 0 Å². The fourth-order valence-corrected chi connectivity index (χ4v) is 4.36. The zero-order valence-electron chi connectivity index (χ0n) is 17.9. The van der Waals surface area contributed by atoms with Crippen molar-refractivity contribution in [2.75, 3.05) is 32.7 Å². The standard InChI is InChI=1S/C22H36N4O2/c1-16-6-5-7-21(24-16)15-25-10-8-20(9-11-25)12-23-22(27)19(4)26-13-17(2)28-18(3)14-26/h5-7,17-20H,8-15H2,1-4H3,(H,23,27)/t17-,18+,19?. The molecule has 1 amide bonds. The van der Waals surface area contributed by atoms with Crippen LogP contribution in [0.3, 0.4) is 0 Å². The normalized spacial score (nSPS) is 26.1. The largest absolute Gasteiger partial charge is 0.373 e. The van der Waals surface area contributed by atoms with Gasteiger partial charge in [0.05, 0.1) is 23.9 Å². The van der Waals surface area contributed by atoms with Crippen LogP contribution in [0.1, 0.15) is 45.0 Å². The van der Waals surface area contributed by atoms with Crippen molar-refractivity contribution in [1.29, 1.82) is 0 Å². The molecule has 1 aromatic rings. The number of nitrogens with zero attached hydrogens (tertiary/aromatic N) is 3. The molecule has 0 aliphatic carbocycles. The lowest BCUT2D eigenvalue weighted by Gasteiger charge is -2.38. The molecule has 0 bridgehead atoms. The fraction of sp³-hybridized carbons (Fsp3) is 0.727. The third-order valence-corrected chi connectivity index (χ3v) is 5.98. The van der Waals surface area contributed by atoms with Crippen LogP contribution in [-0.4, -0.2) is 71.7 Å². The molecule has 3 rings (SSSR count).